The third-order valence-corrected chi connectivity index (χ3v) is 4.02. The zero-order chi connectivity index (χ0) is 14.4. The fourth-order valence-corrected chi connectivity index (χ4v) is 3.15. The summed E-state index contributed by atoms with van der Waals surface area (Å²) in [4.78, 5) is 11.1. The molecule has 0 unspecified atom stereocenters. The van der Waals surface area contributed by atoms with Gasteiger partial charge in [0.2, 0.25) is 0 Å². The van der Waals surface area contributed by atoms with Crippen LogP contribution in [0.2, 0.25) is 0 Å². The molecule has 0 radical (unpaired) electrons. The van der Waals surface area contributed by atoms with Gasteiger partial charge in [-0.15, -0.1) is 0 Å². The lowest BCUT2D eigenvalue weighted by atomic mass is 9.96. The van der Waals surface area contributed by atoms with Crippen LogP contribution in [0.5, 0.6) is 0 Å². The van der Waals surface area contributed by atoms with E-state index >= 15 is 0 Å². The molecule has 0 saturated carbocycles. The van der Waals surface area contributed by atoms with E-state index in [4.69, 9.17) is 4.74 Å². The minimum atomic E-state index is -0.260. The molecule has 0 spiro atoms. The van der Waals surface area contributed by atoms with E-state index in [1.54, 1.807) is 0 Å². The van der Waals surface area contributed by atoms with Crippen molar-refractivity contribution in [2.24, 2.45) is 0 Å². The number of carbonyl (C=O) groups is 1. The van der Waals surface area contributed by atoms with E-state index in [1.807, 2.05) is 6.08 Å². The van der Waals surface area contributed by atoms with Crippen molar-refractivity contribution < 1.29 is 9.53 Å². The maximum absolute atomic E-state index is 11.1. The number of benzene rings is 3. The summed E-state index contributed by atoms with van der Waals surface area (Å²) < 4.78 is 5.25. The maximum Gasteiger partial charge on any atom is 0.307 e. The van der Waals surface area contributed by atoms with Gasteiger partial charge in [0.1, 0.15) is 5.76 Å². The van der Waals surface area contributed by atoms with Gasteiger partial charge in [0.05, 0.1) is 0 Å². The molecule has 3 aromatic carbocycles. The van der Waals surface area contributed by atoms with Gasteiger partial charge in [0, 0.05) is 13.3 Å². The average Bonchev–Trinajstić information content (AvgIpc) is 2.88. The first-order valence-corrected chi connectivity index (χ1v) is 7.05. The van der Waals surface area contributed by atoms with E-state index in [0.717, 1.165) is 11.3 Å². The highest BCUT2D eigenvalue weighted by molar-refractivity contribution is 6.09. The largest absolute Gasteiger partial charge is 0.431 e. The molecule has 4 rings (SSSR count). The van der Waals surface area contributed by atoms with E-state index in [-0.39, 0.29) is 5.97 Å². The highest BCUT2D eigenvalue weighted by Crippen LogP contribution is 2.35. The fourth-order valence-electron chi connectivity index (χ4n) is 3.15. The average molecular weight is 274 g/mol. The molecule has 0 atom stereocenters. The Morgan fingerprint density at radius 2 is 1.76 bits per heavy atom. The van der Waals surface area contributed by atoms with Crippen LogP contribution in [0.1, 0.15) is 18.1 Å². The van der Waals surface area contributed by atoms with Crippen molar-refractivity contribution in [1.82, 2.24) is 0 Å². The third-order valence-electron chi connectivity index (χ3n) is 4.02. The predicted molar refractivity (Wildman–Crippen MR) is 84.9 cm³/mol. The molecular weight excluding hydrogens is 260 g/mol. The molecule has 0 aliphatic heterocycles. The summed E-state index contributed by atoms with van der Waals surface area (Å²) in [6, 6.07) is 17.0. The Hall–Kier alpha value is -2.61. The second kappa shape index (κ2) is 4.45. The molecule has 0 aromatic heterocycles. The molecule has 0 fully saturated rings. The summed E-state index contributed by atoms with van der Waals surface area (Å²) in [7, 11) is 0. The van der Waals surface area contributed by atoms with Crippen molar-refractivity contribution in [2.75, 3.05) is 0 Å². The second-order valence-electron chi connectivity index (χ2n) is 5.40. The van der Waals surface area contributed by atoms with Gasteiger partial charge >= 0.3 is 5.97 Å². The minimum absolute atomic E-state index is 0.260. The van der Waals surface area contributed by atoms with E-state index in [9.17, 15) is 4.79 Å². The number of ether oxygens (including phenoxy) is 1. The lowest BCUT2D eigenvalue weighted by molar-refractivity contribution is -0.136. The molecule has 0 amide bonds. The van der Waals surface area contributed by atoms with E-state index in [1.165, 1.54) is 34.0 Å². The van der Waals surface area contributed by atoms with Crippen LogP contribution in [0.15, 0.2) is 54.3 Å². The molecule has 0 saturated heterocycles. The third kappa shape index (κ3) is 1.91. The standard InChI is InChI=1S/C19H14O2/c1-12(20)21-15-10-14-7-9-17-16-5-3-2-4-13(16)6-8-18(17)19(14)11-15/h2-10H,11H2,1H3. The van der Waals surface area contributed by atoms with Crippen LogP contribution in [0.4, 0.5) is 0 Å². The first-order valence-electron chi connectivity index (χ1n) is 7.05. The normalized spacial score (nSPS) is 13.3. The van der Waals surface area contributed by atoms with Crippen molar-refractivity contribution in [3.63, 3.8) is 0 Å². The number of carbonyl (C=O) groups excluding carboxylic acids is 1. The Balaban J connectivity index is 1.92. The van der Waals surface area contributed by atoms with Crippen LogP contribution >= 0.6 is 0 Å². The highest BCUT2D eigenvalue weighted by atomic mass is 16.5. The maximum atomic E-state index is 11.1. The fraction of sp³-hybridized carbons (Fsp3) is 0.105. The van der Waals surface area contributed by atoms with Crippen LogP contribution in [-0.2, 0) is 16.0 Å². The van der Waals surface area contributed by atoms with Gasteiger partial charge in [-0.05, 0) is 38.7 Å². The van der Waals surface area contributed by atoms with Gasteiger partial charge in [-0.25, -0.2) is 0 Å². The van der Waals surface area contributed by atoms with E-state index in [2.05, 4.69) is 48.5 Å². The summed E-state index contributed by atoms with van der Waals surface area (Å²) in [5.41, 5.74) is 2.39. The molecule has 21 heavy (non-hydrogen) atoms. The number of allylic oxidation sites excluding steroid dienone is 1. The van der Waals surface area contributed by atoms with Crippen molar-refractivity contribution in [1.29, 1.82) is 0 Å². The number of hydrogen-bond acceptors (Lipinski definition) is 2. The molecule has 0 bridgehead atoms. The van der Waals surface area contributed by atoms with Crippen molar-refractivity contribution in [3.05, 3.63) is 65.4 Å². The SMILES string of the molecule is CC(=O)OC1=Cc2ccc3c(ccc4ccccc43)c2C1. The summed E-state index contributed by atoms with van der Waals surface area (Å²) in [5.74, 6) is 0.474. The lowest BCUT2D eigenvalue weighted by Gasteiger charge is -2.08. The lowest BCUT2D eigenvalue weighted by Crippen LogP contribution is -1.98. The number of rotatable bonds is 1. The molecule has 3 aromatic rings. The molecule has 1 aliphatic rings. The predicted octanol–water partition coefficient (Wildman–Crippen LogP) is 4.45. The molecule has 2 heteroatoms. The highest BCUT2D eigenvalue weighted by Gasteiger charge is 2.18. The van der Waals surface area contributed by atoms with Gasteiger partial charge < -0.3 is 4.74 Å². The second-order valence-corrected chi connectivity index (χ2v) is 5.40. The minimum Gasteiger partial charge on any atom is -0.431 e. The Labute approximate surface area is 122 Å². The number of esters is 1. The van der Waals surface area contributed by atoms with Gasteiger partial charge in [0.15, 0.2) is 0 Å². The molecule has 1 aliphatic carbocycles. The van der Waals surface area contributed by atoms with Crippen LogP contribution < -0.4 is 0 Å². The zero-order valence-electron chi connectivity index (χ0n) is 11.7. The molecular formula is C19H14O2. The molecule has 0 N–H and O–H groups in total. The zero-order valence-corrected chi connectivity index (χ0v) is 11.7. The van der Waals surface area contributed by atoms with Crippen LogP contribution in [0, 0.1) is 0 Å². The number of fused-ring (bicyclic) bond motifs is 5. The van der Waals surface area contributed by atoms with Crippen molar-refractivity contribution in [2.45, 2.75) is 13.3 Å². The van der Waals surface area contributed by atoms with Gasteiger partial charge in [-0.1, -0.05) is 48.5 Å². The van der Waals surface area contributed by atoms with E-state index < -0.39 is 0 Å². The molecule has 102 valence electrons. The molecule has 0 heterocycles. The summed E-state index contributed by atoms with van der Waals surface area (Å²) in [6.45, 7) is 1.44. The first kappa shape index (κ1) is 12.2. The first-order chi connectivity index (χ1) is 10.2. The van der Waals surface area contributed by atoms with Gasteiger partial charge in [-0.2, -0.15) is 0 Å². The summed E-state index contributed by atoms with van der Waals surface area (Å²) >= 11 is 0. The Bertz CT molecular complexity index is 919. The van der Waals surface area contributed by atoms with Crippen molar-refractivity contribution >= 4 is 33.6 Å². The summed E-state index contributed by atoms with van der Waals surface area (Å²) in [5, 5.41) is 5.00. The Morgan fingerprint density at radius 3 is 2.62 bits per heavy atom. The van der Waals surface area contributed by atoms with Gasteiger partial charge in [-0.3, -0.25) is 4.79 Å². The van der Waals surface area contributed by atoms with Crippen molar-refractivity contribution in [3.8, 4) is 0 Å². The Kier molecular flexibility index (Phi) is 2.58. The summed E-state index contributed by atoms with van der Waals surface area (Å²) in [6.07, 6.45) is 2.65. The van der Waals surface area contributed by atoms with Gasteiger partial charge in [0.25, 0.3) is 0 Å². The smallest absolute Gasteiger partial charge is 0.307 e. The molecule has 2 nitrogen and oxygen atoms in total. The quantitative estimate of drug-likeness (QED) is 0.484. The van der Waals surface area contributed by atoms with Crippen LogP contribution in [0.3, 0.4) is 0 Å². The van der Waals surface area contributed by atoms with E-state index in [0.29, 0.717) is 6.42 Å². The monoisotopic (exact) mass is 274 g/mol. The Morgan fingerprint density at radius 1 is 0.952 bits per heavy atom. The topological polar surface area (TPSA) is 26.3 Å². The van der Waals surface area contributed by atoms with Crippen LogP contribution in [-0.4, -0.2) is 5.97 Å². The van der Waals surface area contributed by atoms with Crippen LogP contribution in [0.25, 0.3) is 27.6 Å². The number of hydrogen-bond donors (Lipinski definition) is 0.